The molecule has 34 heavy (non-hydrogen) atoms. The number of esters is 2. The van der Waals surface area contributed by atoms with E-state index in [0.717, 1.165) is 16.5 Å². The Morgan fingerprint density at radius 2 is 1.88 bits per heavy atom. The molecule has 0 unspecified atom stereocenters. The number of halogens is 1. The summed E-state index contributed by atoms with van der Waals surface area (Å²) >= 11 is 3.54. The van der Waals surface area contributed by atoms with Crippen molar-refractivity contribution in [2.75, 3.05) is 13.2 Å². The van der Waals surface area contributed by atoms with Crippen LogP contribution in [-0.2, 0) is 19.1 Å². The van der Waals surface area contributed by atoms with E-state index >= 15 is 0 Å². The largest absolute Gasteiger partial charge is 0.490 e. The number of fused-ring (bicyclic) bond motifs is 1. The lowest BCUT2D eigenvalue weighted by molar-refractivity contribution is -0.240. The highest BCUT2D eigenvalue weighted by atomic mass is 79.9. The second kappa shape index (κ2) is 9.43. The number of aromatic nitrogens is 1. The average Bonchev–Trinajstić information content (AvgIpc) is 3.19. The molecule has 176 valence electrons. The SMILES string of the molecule is C#CCOc1c(Br)cc([C@@H](c2c[nH]c3ccccc23)C2C(=O)OC(C)(C)OC2=O)cc1OCC. The Kier molecular flexibility index (Phi) is 6.58. The van der Waals surface area contributed by atoms with Crippen LogP contribution in [0.4, 0.5) is 0 Å². The Morgan fingerprint density at radius 1 is 1.18 bits per heavy atom. The normalized spacial score (nSPS) is 16.4. The monoisotopic (exact) mass is 525 g/mol. The zero-order valence-electron chi connectivity index (χ0n) is 19.0. The van der Waals surface area contributed by atoms with Crippen molar-refractivity contribution < 1.29 is 28.5 Å². The van der Waals surface area contributed by atoms with Crippen LogP contribution < -0.4 is 9.47 Å². The van der Waals surface area contributed by atoms with Gasteiger partial charge in [0, 0.05) is 36.9 Å². The molecule has 8 heteroatoms. The fourth-order valence-electron chi connectivity index (χ4n) is 4.19. The molecule has 4 rings (SSSR count). The van der Waals surface area contributed by atoms with Crippen molar-refractivity contribution >= 4 is 38.8 Å². The van der Waals surface area contributed by atoms with E-state index in [2.05, 4.69) is 26.8 Å². The van der Waals surface area contributed by atoms with E-state index in [4.69, 9.17) is 25.4 Å². The van der Waals surface area contributed by atoms with Crippen LogP contribution in [-0.4, -0.2) is 35.9 Å². The van der Waals surface area contributed by atoms with Crippen molar-refractivity contribution in [3.63, 3.8) is 0 Å². The van der Waals surface area contributed by atoms with Gasteiger partial charge in [0.1, 0.15) is 6.61 Å². The highest BCUT2D eigenvalue weighted by molar-refractivity contribution is 9.10. The first-order chi connectivity index (χ1) is 16.3. The van der Waals surface area contributed by atoms with Crippen molar-refractivity contribution in [3.8, 4) is 23.8 Å². The Balaban J connectivity index is 1.91. The van der Waals surface area contributed by atoms with Gasteiger partial charge in [-0.1, -0.05) is 24.1 Å². The van der Waals surface area contributed by atoms with E-state index in [1.54, 1.807) is 18.3 Å². The fraction of sp³-hybridized carbons (Fsp3) is 0.308. The van der Waals surface area contributed by atoms with Gasteiger partial charge in [-0.2, -0.15) is 0 Å². The van der Waals surface area contributed by atoms with Crippen LogP contribution in [0.1, 0.15) is 37.8 Å². The third-order valence-electron chi connectivity index (χ3n) is 5.48. The number of benzene rings is 2. The zero-order valence-corrected chi connectivity index (χ0v) is 20.6. The number of hydrogen-bond donors (Lipinski definition) is 1. The van der Waals surface area contributed by atoms with Gasteiger partial charge in [-0.15, -0.1) is 6.42 Å². The van der Waals surface area contributed by atoms with Crippen molar-refractivity contribution in [1.82, 2.24) is 4.98 Å². The molecule has 1 fully saturated rings. The molecule has 0 spiro atoms. The minimum Gasteiger partial charge on any atom is -0.490 e. The second-order valence-corrected chi connectivity index (χ2v) is 9.10. The molecule has 2 heterocycles. The van der Waals surface area contributed by atoms with E-state index < -0.39 is 29.6 Å². The summed E-state index contributed by atoms with van der Waals surface area (Å²) in [5.41, 5.74) is 2.27. The molecule has 7 nitrogen and oxygen atoms in total. The van der Waals surface area contributed by atoms with Crippen molar-refractivity contribution in [2.45, 2.75) is 32.5 Å². The van der Waals surface area contributed by atoms with Crippen LogP contribution in [0.3, 0.4) is 0 Å². The van der Waals surface area contributed by atoms with Crippen LogP contribution in [0.5, 0.6) is 11.5 Å². The van der Waals surface area contributed by atoms with Gasteiger partial charge in [0.05, 0.1) is 11.1 Å². The highest BCUT2D eigenvalue weighted by Gasteiger charge is 2.49. The summed E-state index contributed by atoms with van der Waals surface area (Å²) in [6.07, 6.45) is 7.16. The third kappa shape index (κ3) is 4.48. The molecule has 2 aromatic carbocycles. The summed E-state index contributed by atoms with van der Waals surface area (Å²) in [6.45, 7) is 5.34. The van der Waals surface area contributed by atoms with Gasteiger partial charge < -0.3 is 23.9 Å². The van der Waals surface area contributed by atoms with Crippen LogP contribution in [0.25, 0.3) is 10.9 Å². The lowest BCUT2D eigenvalue weighted by Gasteiger charge is -2.36. The standard InChI is InChI=1S/C26H24BrNO6/c1-5-11-32-23-18(27)12-15(13-20(23)31-6-2)21(17-14-28-19-10-8-7-9-16(17)19)22-24(29)33-26(3,4)34-25(22)30/h1,7-10,12-14,21-22,28H,6,11H2,2-4H3/t21-/m0/s1. The van der Waals surface area contributed by atoms with E-state index in [1.807, 2.05) is 31.2 Å². The predicted molar refractivity (Wildman–Crippen MR) is 130 cm³/mol. The van der Waals surface area contributed by atoms with E-state index in [0.29, 0.717) is 28.1 Å². The summed E-state index contributed by atoms with van der Waals surface area (Å²) < 4.78 is 23.0. The molecule has 1 aliphatic heterocycles. The molecule has 0 bridgehead atoms. The van der Waals surface area contributed by atoms with Crippen LogP contribution in [0.15, 0.2) is 47.1 Å². The molecule has 0 aliphatic carbocycles. The van der Waals surface area contributed by atoms with Crippen molar-refractivity contribution in [1.29, 1.82) is 0 Å². The summed E-state index contributed by atoms with van der Waals surface area (Å²) in [4.78, 5) is 29.5. The Morgan fingerprint density at radius 3 is 2.56 bits per heavy atom. The molecular formula is C26H24BrNO6. The first kappa shape index (κ1) is 23.7. The maximum Gasteiger partial charge on any atom is 0.324 e. The lowest BCUT2D eigenvalue weighted by Crippen LogP contribution is -2.48. The zero-order chi connectivity index (χ0) is 24.5. The highest BCUT2D eigenvalue weighted by Crippen LogP contribution is 2.45. The molecule has 1 N–H and O–H groups in total. The van der Waals surface area contributed by atoms with Crippen molar-refractivity contribution in [3.05, 3.63) is 58.2 Å². The van der Waals surface area contributed by atoms with Gasteiger partial charge in [0.2, 0.25) is 0 Å². The quantitative estimate of drug-likeness (QED) is 0.267. The molecule has 1 aliphatic rings. The van der Waals surface area contributed by atoms with Crippen molar-refractivity contribution in [2.24, 2.45) is 5.92 Å². The Hall–Kier alpha value is -3.44. The van der Waals surface area contributed by atoms with E-state index in [-0.39, 0.29) is 6.61 Å². The van der Waals surface area contributed by atoms with Gasteiger partial charge in [0.25, 0.3) is 5.79 Å². The van der Waals surface area contributed by atoms with Crippen LogP contribution >= 0.6 is 15.9 Å². The third-order valence-corrected chi connectivity index (χ3v) is 6.07. The maximum atomic E-state index is 13.1. The van der Waals surface area contributed by atoms with E-state index in [1.165, 1.54) is 13.8 Å². The molecule has 0 saturated carbocycles. The number of hydrogen-bond acceptors (Lipinski definition) is 6. The number of carbonyl (C=O) groups excluding carboxylic acids is 2. The Bertz CT molecular complexity index is 1270. The van der Waals surface area contributed by atoms with Gasteiger partial charge >= 0.3 is 11.9 Å². The molecule has 1 atom stereocenters. The Labute approximate surface area is 205 Å². The number of carbonyl (C=O) groups is 2. The van der Waals surface area contributed by atoms with E-state index in [9.17, 15) is 9.59 Å². The second-order valence-electron chi connectivity index (χ2n) is 8.24. The molecule has 0 amide bonds. The van der Waals surface area contributed by atoms with Gasteiger partial charge in [0.15, 0.2) is 17.4 Å². The van der Waals surface area contributed by atoms with Gasteiger partial charge in [-0.05, 0) is 52.2 Å². The number of rotatable bonds is 7. The molecule has 3 aromatic rings. The number of cyclic esters (lactones) is 2. The number of aromatic amines is 1. The smallest absolute Gasteiger partial charge is 0.324 e. The number of para-hydroxylation sites is 1. The molecular weight excluding hydrogens is 502 g/mol. The molecule has 1 saturated heterocycles. The minimum atomic E-state index is -1.33. The number of ether oxygens (including phenoxy) is 4. The van der Waals surface area contributed by atoms with Crippen LogP contribution in [0.2, 0.25) is 0 Å². The van der Waals surface area contributed by atoms with Gasteiger partial charge in [-0.3, -0.25) is 9.59 Å². The number of terminal acetylenes is 1. The average molecular weight is 526 g/mol. The molecule has 0 radical (unpaired) electrons. The first-order valence-corrected chi connectivity index (χ1v) is 11.6. The number of nitrogens with one attached hydrogen (secondary N) is 1. The fourth-order valence-corrected chi connectivity index (χ4v) is 4.76. The topological polar surface area (TPSA) is 86.9 Å². The predicted octanol–water partition coefficient (Wildman–Crippen LogP) is 4.93. The van der Waals surface area contributed by atoms with Gasteiger partial charge in [-0.25, -0.2) is 0 Å². The summed E-state index contributed by atoms with van der Waals surface area (Å²) in [5.74, 6) is -1.26. The lowest BCUT2D eigenvalue weighted by atomic mass is 9.80. The summed E-state index contributed by atoms with van der Waals surface area (Å²) in [5, 5.41) is 0.875. The maximum absolute atomic E-state index is 13.1. The number of H-pyrrole nitrogens is 1. The minimum absolute atomic E-state index is 0.0558. The first-order valence-electron chi connectivity index (χ1n) is 10.8. The summed E-state index contributed by atoms with van der Waals surface area (Å²) in [7, 11) is 0. The molecule has 1 aromatic heterocycles. The summed E-state index contributed by atoms with van der Waals surface area (Å²) in [6, 6.07) is 11.2. The van der Waals surface area contributed by atoms with Crippen LogP contribution in [0, 0.1) is 18.3 Å².